The maximum Gasteiger partial charge on any atom is 0.274 e. The molecule has 1 fully saturated rings. The van der Waals surface area contributed by atoms with Gasteiger partial charge in [0.2, 0.25) is 5.09 Å². The van der Waals surface area contributed by atoms with E-state index in [0.29, 0.717) is 12.3 Å². The average Bonchev–Trinajstić information content (AvgIpc) is 2.89. The third-order valence-corrected chi connectivity index (χ3v) is 5.61. The minimum absolute atomic E-state index is 0.0176. The van der Waals surface area contributed by atoms with E-state index in [9.17, 15) is 8.42 Å². The van der Waals surface area contributed by atoms with Crippen LogP contribution in [0.2, 0.25) is 0 Å². The lowest BCUT2D eigenvalue weighted by Gasteiger charge is -2.21. The van der Waals surface area contributed by atoms with E-state index in [2.05, 4.69) is 17.0 Å². The molecule has 0 spiro atoms. The molecule has 7 heteroatoms. The van der Waals surface area contributed by atoms with E-state index >= 15 is 0 Å². The Morgan fingerprint density at radius 2 is 2.10 bits per heavy atom. The number of sulfonamides is 1. The van der Waals surface area contributed by atoms with Crippen molar-refractivity contribution in [3.8, 4) is 0 Å². The lowest BCUT2D eigenvalue weighted by atomic mass is 10.2. The third kappa shape index (κ3) is 4.51. The molecule has 0 bridgehead atoms. The van der Waals surface area contributed by atoms with Crippen LogP contribution in [0.25, 0.3) is 0 Å². The highest BCUT2D eigenvalue weighted by atomic mass is 32.2. The smallest absolute Gasteiger partial charge is 0.274 e. The van der Waals surface area contributed by atoms with Crippen molar-refractivity contribution in [2.24, 2.45) is 0 Å². The molecule has 5 nitrogen and oxygen atoms in total. The minimum atomic E-state index is -3.52. The Morgan fingerprint density at radius 3 is 2.80 bits per heavy atom. The number of furan rings is 1. The maximum atomic E-state index is 12.2. The number of hydrogen-bond donors (Lipinski definition) is 2. The van der Waals surface area contributed by atoms with E-state index in [1.807, 2.05) is 11.8 Å². The normalized spacial score (nSPS) is 17.4. The molecule has 20 heavy (non-hydrogen) atoms. The van der Waals surface area contributed by atoms with E-state index in [4.69, 9.17) is 4.42 Å². The molecule has 1 saturated heterocycles. The first kappa shape index (κ1) is 15.9. The van der Waals surface area contributed by atoms with Crippen LogP contribution >= 0.6 is 11.8 Å². The Morgan fingerprint density at radius 1 is 1.35 bits per heavy atom. The standard InChI is InChI=1S/C13H22N2O3S2/c1-2-7-14-10-12-3-4-13(18-12)20(16,17)15-11-5-8-19-9-6-11/h3-4,11,14-15H,2,5-10H2,1H3. The summed E-state index contributed by atoms with van der Waals surface area (Å²) in [5, 5.41) is 3.20. The molecule has 0 unspecified atom stereocenters. The molecular formula is C13H22N2O3S2. The van der Waals surface area contributed by atoms with Gasteiger partial charge in [-0.2, -0.15) is 11.8 Å². The van der Waals surface area contributed by atoms with Crippen molar-refractivity contribution >= 4 is 21.8 Å². The molecule has 0 atom stereocenters. The number of thioether (sulfide) groups is 1. The molecule has 0 radical (unpaired) electrons. The molecule has 2 heterocycles. The molecule has 1 aliphatic heterocycles. The van der Waals surface area contributed by atoms with E-state index in [0.717, 1.165) is 37.3 Å². The Kier molecular flexibility index (Phi) is 5.95. The van der Waals surface area contributed by atoms with Gasteiger partial charge in [-0.3, -0.25) is 0 Å². The Labute approximate surface area is 124 Å². The predicted molar refractivity (Wildman–Crippen MR) is 81.4 cm³/mol. The lowest BCUT2D eigenvalue weighted by molar-refractivity contribution is 0.396. The van der Waals surface area contributed by atoms with Gasteiger partial charge in [-0.1, -0.05) is 6.92 Å². The number of rotatable bonds is 7. The number of hydrogen-bond acceptors (Lipinski definition) is 5. The molecule has 1 aromatic rings. The Hall–Kier alpha value is -0.500. The summed E-state index contributed by atoms with van der Waals surface area (Å²) in [7, 11) is -3.52. The van der Waals surface area contributed by atoms with Crippen molar-refractivity contribution in [3.05, 3.63) is 17.9 Å². The van der Waals surface area contributed by atoms with Gasteiger partial charge in [-0.05, 0) is 49.4 Å². The van der Waals surface area contributed by atoms with Gasteiger partial charge >= 0.3 is 0 Å². The molecule has 1 aliphatic rings. The van der Waals surface area contributed by atoms with Crippen LogP contribution in [0.15, 0.2) is 21.6 Å². The zero-order chi connectivity index (χ0) is 14.4. The van der Waals surface area contributed by atoms with Gasteiger partial charge in [-0.15, -0.1) is 0 Å². The lowest BCUT2D eigenvalue weighted by Crippen LogP contribution is -2.37. The summed E-state index contributed by atoms with van der Waals surface area (Å²) in [6.45, 7) is 3.53. The summed E-state index contributed by atoms with van der Waals surface area (Å²) in [4.78, 5) is 0. The van der Waals surface area contributed by atoms with Gasteiger partial charge in [-0.25, -0.2) is 13.1 Å². The fourth-order valence-corrected chi connectivity index (χ4v) is 4.44. The van der Waals surface area contributed by atoms with Gasteiger partial charge in [0, 0.05) is 6.04 Å². The second-order valence-electron chi connectivity index (χ2n) is 4.91. The van der Waals surface area contributed by atoms with E-state index in [1.165, 1.54) is 6.07 Å². The van der Waals surface area contributed by atoms with Gasteiger partial charge in [0.05, 0.1) is 6.54 Å². The second-order valence-corrected chi connectivity index (χ2v) is 7.78. The SMILES string of the molecule is CCCNCc1ccc(S(=O)(=O)NC2CCSCC2)o1. The predicted octanol–water partition coefficient (Wildman–Crippen LogP) is 1.95. The molecule has 2 rings (SSSR count). The first-order valence-electron chi connectivity index (χ1n) is 7.01. The zero-order valence-corrected chi connectivity index (χ0v) is 13.4. The summed E-state index contributed by atoms with van der Waals surface area (Å²) >= 11 is 1.87. The molecule has 0 aliphatic carbocycles. The fraction of sp³-hybridized carbons (Fsp3) is 0.692. The zero-order valence-electron chi connectivity index (χ0n) is 11.7. The highest BCUT2D eigenvalue weighted by molar-refractivity contribution is 7.99. The topological polar surface area (TPSA) is 71.3 Å². The molecule has 0 amide bonds. The van der Waals surface area contributed by atoms with Crippen molar-refractivity contribution in [1.82, 2.24) is 10.0 Å². The molecule has 0 saturated carbocycles. The monoisotopic (exact) mass is 318 g/mol. The Bertz CT molecular complexity index is 507. The first-order chi connectivity index (χ1) is 9.62. The van der Waals surface area contributed by atoms with Crippen molar-refractivity contribution < 1.29 is 12.8 Å². The van der Waals surface area contributed by atoms with Gasteiger partial charge < -0.3 is 9.73 Å². The van der Waals surface area contributed by atoms with Crippen molar-refractivity contribution in [2.75, 3.05) is 18.1 Å². The van der Waals surface area contributed by atoms with Crippen LogP contribution in [0, 0.1) is 0 Å². The first-order valence-corrected chi connectivity index (χ1v) is 9.65. The Balaban J connectivity index is 1.94. The van der Waals surface area contributed by atoms with Crippen molar-refractivity contribution in [3.63, 3.8) is 0 Å². The second kappa shape index (κ2) is 7.49. The third-order valence-electron chi connectivity index (χ3n) is 3.17. The fourth-order valence-electron chi connectivity index (χ4n) is 2.08. The summed E-state index contributed by atoms with van der Waals surface area (Å²) < 4.78 is 32.6. The van der Waals surface area contributed by atoms with E-state index in [1.54, 1.807) is 6.07 Å². The van der Waals surface area contributed by atoms with Crippen LogP contribution < -0.4 is 10.0 Å². The summed E-state index contributed by atoms with van der Waals surface area (Å²) in [5.74, 6) is 2.67. The van der Waals surface area contributed by atoms with Crippen molar-refractivity contribution in [2.45, 2.75) is 43.9 Å². The molecule has 1 aromatic heterocycles. The molecule has 0 aromatic carbocycles. The maximum absolute atomic E-state index is 12.2. The summed E-state index contributed by atoms with van der Waals surface area (Å²) in [6.07, 6.45) is 2.80. The van der Waals surface area contributed by atoms with Crippen LogP contribution in [-0.4, -0.2) is 32.5 Å². The highest BCUT2D eigenvalue weighted by Gasteiger charge is 2.24. The summed E-state index contributed by atoms with van der Waals surface area (Å²) in [6, 6.07) is 3.28. The highest BCUT2D eigenvalue weighted by Crippen LogP contribution is 2.20. The van der Waals surface area contributed by atoms with Gasteiger partial charge in [0.25, 0.3) is 10.0 Å². The van der Waals surface area contributed by atoms with Crippen LogP contribution in [0.4, 0.5) is 0 Å². The van der Waals surface area contributed by atoms with Crippen LogP contribution in [-0.2, 0) is 16.6 Å². The molecule has 2 N–H and O–H groups in total. The van der Waals surface area contributed by atoms with Crippen LogP contribution in [0.1, 0.15) is 31.9 Å². The molecular weight excluding hydrogens is 296 g/mol. The van der Waals surface area contributed by atoms with E-state index in [-0.39, 0.29) is 11.1 Å². The van der Waals surface area contributed by atoms with Crippen LogP contribution in [0.5, 0.6) is 0 Å². The average molecular weight is 318 g/mol. The largest absolute Gasteiger partial charge is 0.447 e. The molecule has 114 valence electrons. The van der Waals surface area contributed by atoms with Crippen molar-refractivity contribution in [1.29, 1.82) is 0 Å². The number of nitrogens with one attached hydrogen (secondary N) is 2. The van der Waals surface area contributed by atoms with E-state index < -0.39 is 10.0 Å². The van der Waals surface area contributed by atoms with Gasteiger partial charge in [0.1, 0.15) is 5.76 Å². The quantitative estimate of drug-likeness (QED) is 0.752. The summed E-state index contributed by atoms with van der Waals surface area (Å²) in [5.41, 5.74) is 0. The van der Waals surface area contributed by atoms with Crippen LogP contribution in [0.3, 0.4) is 0 Å². The van der Waals surface area contributed by atoms with Gasteiger partial charge in [0.15, 0.2) is 0 Å². The minimum Gasteiger partial charge on any atom is -0.447 e.